The van der Waals surface area contributed by atoms with Crippen LogP contribution < -0.4 is 10.8 Å². The Kier molecular flexibility index (Phi) is 2.68. The smallest absolute Gasteiger partial charge is 0.251 e. The number of aliphatic hydroxyl groups is 1. The topological polar surface area (TPSA) is 70.6 Å². The molecule has 1 aromatic rings. The van der Waals surface area contributed by atoms with E-state index in [1.165, 1.54) is 7.11 Å². The van der Waals surface area contributed by atoms with Crippen LogP contribution in [0.5, 0.6) is 0 Å². The average molecular weight is 208 g/mol. The van der Waals surface area contributed by atoms with E-state index in [0.717, 1.165) is 5.56 Å². The highest BCUT2D eigenvalue weighted by molar-refractivity contribution is 5.98. The van der Waals surface area contributed by atoms with Gasteiger partial charge in [0, 0.05) is 12.1 Å². The summed E-state index contributed by atoms with van der Waals surface area (Å²) in [5.41, 5.74) is 4.66. The number of carbonyl (C=O) groups is 1. The molecule has 0 aliphatic carbocycles. The number of hydrogen-bond donors (Lipinski definition) is 3. The number of hydrogen-bond acceptors (Lipinski definition) is 4. The summed E-state index contributed by atoms with van der Waals surface area (Å²) < 4.78 is 0. The Hall–Kier alpha value is -1.43. The molecule has 2 rings (SSSR count). The maximum Gasteiger partial charge on any atom is 0.251 e. The van der Waals surface area contributed by atoms with Gasteiger partial charge in [0.1, 0.15) is 0 Å². The van der Waals surface area contributed by atoms with Crippen molar-refractivity contribution in [1.82, 2.24) is 10.8 Å². The molecule has 1 aliphatic heterocycles. The Morgan fingerprint density at radius 1 is 1.60 bits per heavy atom. The molecule has 5 nitrogen and oxygen atoms in total. The van der Waals surface area contributed by atoms with Crippen LogP contribution in [0.15, 0.2) is 18.2 Å². The first-order valence-corrected chi connectivity index (χ1v) is 4.60. The molecule has 5 heteroatoms. The SMILES string of the molecule is CONC(O)c1ccc2c(c1)CNC2=O. The summed E-state index contributed by atoms with van der Waals surface area (Å²) in [6, 6.07) is 5.18. The fourth-order valence-corrected chi connectivity index (χ4v) is 1.60. The second-order valence-corrected chi connectivity index (χ2v) is 3.32. The maximum absolute atomic E-state index is 11.3. The van der Waals surface area contributed by atoms with Crippen LogP contribution in [0.1, 0.15) is 27.7 Å². The van der Waals surface area contributed by atoms with Crippen molar-refractivity contribution in [2.24, 2.45) is 0 Å². The molecule has 15 heavy (non-hydrogen) atoms. The van der Waals surface area contributed by atoms with Crippen LogP contribution in [0.3, 0.4) is 0 Å². The molecule has 0 saturated carbocycles. The lowest BCUT2D eigenvalue weighted by molar-refractivity contribution is -0.0320. The van der Waals surface area contributed by atoms with Crippen molar-refractivity contribution >= 4 is 5.91 Å². The first-order chi connectivity index (χ1) is 7.22. The summed E-state index contributed by atoms with van der Waals surface area (Å²) in [6.07, 6.45) is -0.879. The molecule has 0 aromatic heterocycles. The quantitative estimate of drug-likeness (QED) is 0.485. The van der Waals surface area contributed by atoms with Gasteiger partial charge in [-0.25, -0.2) is 0 Å². The van der Waals surface area contributed by atoms with Gasteiger partial charge in [-0.2, -0.15) is 5.48 Å². The first-order valence-electron chi connectivity index (χ1n) is 4.60. The van der Waals surface area contributed by atoms with E-state index >= 15 is 0 Å². The van der Waals surface area contributed by atoms with Gasteiger partial charge in [-0.1, -0.05) is 6.07 Å². The van der Waals surface area contributed by atoms with Gasteiger partial charge in [-0.3, -0.25) is 4.79 Å². The summed E-state index contributed by atoms with van der Waals surface area (Å²) in [5, 5.41) is 12.3. The molecule has 1 atom stereocenters. The number of benzene rings is 1. The number of carbonyl (C=O) groups excluding carboxylic acids is 1. The summed E-state index contributed by atoms with van der Waals surface area (Å²) in [5.74, 6) is -0.0641. The van der Waals surface area contributed by atoms with Crippen LogP contribution in [0.4, 0.5) is 0 Å². The molecular weight excluding hydrogens is 196 g/mol. The fraction of sp³-hybridized carbons (Fsp3) is 0.300. The molecule has 1 aliphatic rings. The van der Waals surface area contributed by atoms with E-state index in [4.69, 9.17) is 0 Å². The van der Waals surface area contributed by atoms with E-state index in [2.05, 4.69) is 15.6 Å². The first kappa shape index (κ1) is 10.1. The Balaban J connectivity index is 2.26. The van der Waals surface area contributed by atoms with Gasteiger partial charge >= 0.3 is 0 Å². The van der Waals surface area contributed by atoms with Crippen LogP contribution in [0.25, 0.3) is 0 Å². The van der Waals surface area contributed by atoms with Gasteiger partial charge in [-0.05, 0) is 23.3 Å². The van der Waals surface area contributed by atoms with Crippen molar-refractivity contribution in [3.63, 3.8) is 0 Å². The molecule has 0 spiro atoms. The highest BCUT2D eigenvalue weighted by atomic mass is 16.7. The standard InChI is InChI=1S/C10H12N2O3/c1-15-12-9(13)6-2-3-8-7(4-6)5-11-10(8)14/h2-4,9,12-13H,5H2,1H3,(H,11,14). The van der Waals surface area contributed by atoms with Crippen LogP contribution in [-0.4, -0.2) is 18.1 Å². The molecular formula is C10H12N2O3. The zero-order chi connectivity index (χ0) is 10.8. The van der Waals surface area contributed by atoms with E-state index in [-0.39, 0.29) is 5.91 Å². The minimum atomic E-state index is -0.879. The molecule has 0 fully saturated rings. The molecule has 3 N–H and O–H groups in total. The lowest BCUT2D eigenvalue weighted by atomic mass is 10.1. The van der Waals surface area contributed by atoms with Gasteiger partial charge < -0.3 is 15.3 Å². The zero-order valence-corrected chi connectivity index (χ0v) is 8.28. The average Bonchev–Trinajstić information content (AvgIpc) is 2.60. The van der Waals surface area contributed by atoms with Gasteiger partial charge in [0.15, 0.2) is 6.23 Å². The maximum atomic E-state index is 11.3. The largest absolute Gasteiger partial charge is 0.372 e. The summed E-state index contributed by atoms with van der Waals surface area (Å²) >= 11 is 0. The van der Waals surface area contributed by atoms with E-state index < -0.39 is 6.23 Å². The minimum absolute atomic E-state index is 0.0641. The van der Waals surface area contributed by atoms with Crippen LogP contribution in [0.2, 0.25) is 0 Å². The summed E-state index contributed by atoms with van der Waals surface area (Å²) in [4.78, 5) is 15.9. The Bertz CT molecular complexity index is 392. The van der Waals surface area contributed by atoms with E-state index in [1.807, 2.05) is 0 Å². The van der Waals surface area contributed by atoms with Crippen molar-refractivity contribution in [3.05, 3.63) is 34.9 Å². The zero-order valence-electron chi connectivity index (χ0n) is 8.28. The molecule has 1 amide bonds. The van der Waals surface area contributed by atoms with Gasteiger partial charge in [0.05, 0.1) is 7.11 Å². The third-order valence-corrected chi connectivity index (χ3v) is 2.36. The number of rotatable bonds is 3. The molecule has 1 unspecified atom stereocenters. The lowest BCUT2D eigenvalue weighted by Gasteiger charge is -2.11. The predicted octanol–water partition coefficient (Wildman–Crippen LogP) is 0.0719. The van der Waals surface area contributed by atoms with Crippen molar-refractivity contribution in [2.75, 3.05) is 7.11 Å². The monoisotopic (exact) mass is 208 g/mol. The molecule has 1 aromatic carbocycles. The Morgan fingerprint density at radius 2 is 2.40 bits per heavy atom. The number of nitrogens with one attached hydrogen (secondary N) is 2. The molecule has 0 saturated heterocycles. The van der Waals surface area contributed by atoms with E-state index in [1.54, 1.807) is 18.2 Å². The Morgan fingerprint density at radius 3 is 3.13 bits per heavy atom. The summed E-state index contributed by atoms with van der Waals surface area (Å²) in [6.45, 7) is 0.516. The van der Waals surface area contributed by atoms with Crippen molar-refractivity contribution in [3.8, 4) is 0 Å². The van der Waals surface area contributed by atoms with Gasteiger partial charge in [0.2, 0.25) is 0 Å². The van der Waals surface area contributed by atoms with Crippen LogP contribution in [0, 0.1) is 0 Å². The second kappa shape index (κ2) is 3.98. The normalized spacial score (nSPS) is 16.0. The van der Waals surface area contributed by atoms with Crippen molar-refractivity contribution in [1.29, 1.82) is 0 Å². The number of fused-ring (bicyclic) bond motifs is 1. The van der Waals surface area contributed by atoms with Gasteiger partial charge in [-0.15, -0.1) is 0 Å². The fourth-order valence-electron chi connectivity index (χ4n) is 1.60. The highest BCUT2D eigenvalue weighted by Gasteiger charge is 2.19. The van der Waals surface area contributed by atoms with Crippen LogP contribution >= 0.6 is 0 Å². The minimum Gasteiger partial charge on any atom is -0.372 e. The third kappa shape index (κ3) is 1.85. The second-order valence-electron chi connectivity index (χ2n) is 3.32. The molecule has 0 bridgehead atoms. The number of amides is 1. The summed E-state index contributed by atoms with van der Waals surface area (Å²) in [7, 11) is 1.43. The Labute approximate surface area is 87.0 Å². The highest BCUT2D eigenvalue weighted by Crippen LogP contribution is 2.20. The predicted molar refractivity (Wildman–Crippen MR) is 52.7 cm³/mol. The van der Waals surface area contributed by atoms with E-state index in [0.29, 0.717) is 17.7 Å². The van der Waals surface area contributed by atoms with Gasteiger partial charge in [0.25, 0.3) is 5.91 Å². The lowest BCUT2D eigenvalue weighted by Crippen LogP contribution is -2.19. The number of hydroxylamine groups is 1. The molecule has 1 heterocycles. The molecule has 80 valence electrons. The third-order valence-electron chi connectivity index (χ3n) is 2.36. The molecule has 0 radical (unpaired) electrons. The van der Waals surface area contributed by atoms with Crippen LogP contribution in [-0.2, 0) is 11.4 Å². The van der Waals surface area contributed by atoms with Crippen molar-refractivity contribution < 1.29 is 14.7 Å². The number of aliphatic hydroxyl groups excluding tert-OH is 1. The van der Waals surface area contributed by atoms with Crippen molar-refractivity contribution in [2.45, 2.75) is 12.8 Å². The van der Waals surface area contributed by atoms with E-state index in [9.17, 15) is 9.90 Å².